The quantitative estimate of drug-likeness (QED) is 0.666. The Bertz CT molecular complexity index is 108. The van der Waals surface area contributed by atoms with Crippen LogP contribution in [0.3, 0.4) is 0 Å². The average Bonchev–Trinajstić information content (AvgIpc) is 2.15. The molecule has 1 rings (SSSR count). The first-order chi connectivity index (χ1) is 4.70. The van der Waals surface area contributed by atoms with Crippen molar-refractivity contribution in [2.45, 2.75) is 25.6 Å². The summed E-state index contributed by atoms with van der Waals surface area (Å²) in [4.78, 5) is 0. The van der Waals surface area contributed by atoms with Crippen LogP contribution in [0.25, 0.3) is 0 Å². The third kappa shape index (κ3) is 2.13. The lowest BCUT2D eigenvalue weighted by molar-refractivity contribution is 0.289. The van der Waals surface area contributed by atoms with Gasteiger partial charge in [0.2, 0.25) is 0 Å². The average molecular weight is 163 g/mol. The van der Waals surface area contributed by atoms with E-state index in [0.29, 0.717) is 12.3 Å². The number of nitrogens with two attached hydrogens (primary N) is 1. The highest BCUT2D eigenvalue weighted by atomic mass is 32.2. The van der Waals surface area contributed by atoms with Crippen LogP contribution in [-0.2, 0) is 0 Å². The molecule has 0 radical (unpaired) electrons. The Labute approximate surface area is 65.6 Å². The van der Waals surface area contributed by atoms with E-state index < -0.39 is 6.17 Å². The van der Waals surface area contributed by atoms with Gasteiger partial charge in [0.1, 0.15) is 0 Å². The van der Waals surface area contributed by atoms with Gasteiger partial charge in [-0.1, -0.05) is 0 Å². The maximum Gasteiger partial charge on any atom is 0.0977 e. The molecule has 1 heterocycles. The van der Waals surface area contributed by atoms with Crippen molar-refractivity contribution >= 4 is 11.8 Å². The number of hydrogen-bond donors (Lipinski definition) is 1. The van der Waals surface area contributed by atoms with E-state index in [-0.39, 0.29) is 6.04 Å². The van der Waals surface area contributed by atoms with Gasteiger partial charge in [0.05, 0.1) is 6.17 Å². The lowest BCUT2D eigenvalue weighted by atomic mass is 9.98. The summed E-state index contributed by atoms with van der Waals surface area (Å²) >= 11 is 1.84. The van der Waals surface area contributed by atoms with Gasteiger partial charge in [-0.05, 0) is 25.0 Å². The molecule has 0 bridgehead atoms. The Morgan fingerprint density at radius 1 is 1.70 bits per heavy atom. The van der Waals surface area contributed by atoms with Crippen molar-refractivity contribution in [3.05, 3.63) is 0 Å². The Balaban J connectivity index is 2.26. The Morgan fingerprint density at radius 2 is 2.40 bits per heavy atom. The van der Waals surface area contributed by atoms with Crippen molar-refractivity contribution in [2.24, 2.45) is 11.7 Å². The van der Waals surface area contributed by atoms with Gasteiger partial charge in [0, 0.05) is 11.8 Å². The fraction of sp³-hybridized carbons (Fsp3) is 1.00. The summed E-state index contributed by atoms with van der Waals surface area (Å²) in [6.07, 6.45) is -0.0384. The van der Waals surface area contributed by atoms with E-state index in [1.807, 2.05) is 11.8 Å². The summed E-state index contributed by atoms with van der Waals surface area (Å²) in [5.41, 5.74) is 5.74. The molecule has 10 heavy (non-hydrogen) atoms. The van der Waals surface area contributed by atoms with Crippen molar-refractivity contribution in [3.63, 3.8) is 0 Å². The monoisotopic (exact) mass is 163 g/mol. The van der Waals surface area contributed by atoms with Crippen molar-refractivity contribution in [2.75, 3.05) is 11.5 Å². The third-order valence-corrected chi connectivity index (χ3v) is 3.16. The summed E-state index contributed by atoms with van der Waals surface area (Å²) in [7, 11) is 0. The minimum atomic E-state index is -0.685. The van der Waals surface area contributed by atoms with Crippen LogP contribution in [0.1, 0.15) is 13.3 Å². The fourth-order valence-electron chi connectivity index (χ4n) is 1.28. The molecular formula is C7H14FNS. The molecule has 0 aromatic heterocycles. The largest absolute Gasteiger partial charge is 0.327 e. The first kappa shape index (κ1) is 8.34. The van der Waals surface area contributed by atoms with Crippen molar-refractivity contribution in [1.82, 2.24) is 0 Å². The maximum absolute atomic E-state index is 12.5. The number of thioether (sulfide) groups is 1. The minimum absolute atomic E-state index is 0.239. The molecule has 1 aliphatic heterocycles. The molecule has 0 aromatic rings. The summed E-state index contributed by atoms with van der Waals surface area (Å²) in [5, 5.41) is 0. The van der Waals surface area contributed by atoms with E-state index in [4.69, 9.17) is 5.73 Å². The Kier molecular flexibility index (Phi) is 2.98. The second-order valence-corrected chi connectivity index (χ2v) is 4.05. The molecule has 1 fully saturated rings. The van der Waals surface area contributed by atoms with E-state index in [1.165, 1.54) is 0 Å². The SMILES string of the molecule is CC(F)CC1CSCC1N. The van der Waals surface area contributed by atoms with Gasteiger partial charge in [-0.25, -0.2) is 4.39 Å². The van der Waals surface area contributed by atoms with E-state index >= 15 is 0 Å². The van der Waals surface area contributed by atoms with Crippen LogP contribution in [-0.4, -0.2) is 23.7 Å². The van der Waals surface area contributed by atoms with Gasteiger partial charge in [0.15, 0.2) is 0 Å². The molecule has 0 saturated carbocycles. The van der Waals surface area contributed by atoms with Gasteiger partial charge in [-0.3, -0.25) is 0 Å². The fourth-order valence-corrected chi connectivity index (χ4v) is 2.64. The predicted octanol–water partition coefficient (Wildman–Crippen LogP) is 1.42. The molecule has 3 heteroatoms. The van der Waals surface area contributed by atoms with E-state index in [2.05, 4.69) is 0 Å². The zero-order chi connectivity index (χ0) is 7.56. The smallest absolute Gasteiger partial charge is 0.0977 e. The summed E-state index contributed by atoms with van der Waals surface area (Å²) in [6, 6.07) is 0.239. The van der Waals surface area contributed by atoms with E-state index in [0.717, 1.165) is 11.5 Å². The number of rotatable bonds is 2. The third-order valence-electron chi connectivity index (χ3n) is 1.88. The van der Waals surface area contributed by atoms with Crippen molar-refractivity contribution in [1.29, 1.82) is 0 Å². The lowest BCUT2D eigenvalue weighted by Gasteiger charge is -2.13. The molecule has 1 saturated heterocycles. The maximum atomic E-state index is 12.5. The van der Waals surface area contributed by atoms with E-state index in [9.17, 15) is 4.39 Å². The molecule has 3 atom stereocenters. The molecule has 2 N–H and O–H groups in total. The topological polar surface area (TPSA) is 26.0 Å². The first-order valence-corrected chi connectivity index (χ1v) is 4.83. The second kappa shape index (κ2) is 3.58. The first-order valence-electron chi connectivity index (χ1n) is 3.67. The van der Waals surface area contributed by atoms with Crippen LogP contribution in [0.15, 0.2) is 0 Å². The summed E-state index contributed by atoms with van der Waals surface area (Å²) in [5.74, 6) is 2.48. The Hall–Kier alpha value is 0.240. The highest BCUT2D eigenvalue weighted by molar-refractivity contribution is 7.99. The molecule has 1 nitrogen and oxygen atoms in total. The zero-order valence-electron chi connectivity index (χ0n) is 6.22. The van der Waals surface area contributed by atoms with Crippen molar-refractivity contribution < 1.29 is 4.39 Å². The molecule has 0 aliphatic carbocycles. The predicted molar refractivity (Wildman–Crippen MR) is 44.0 cm³/mol. The van der Waals surface area contributed by atoms with Crippen LogP contribution in [0.4, 0.5) is 4.39 Å². The van der Waals surface area contributed by atoms with E-state index in [1.54, 1.807) is 6.92 Å². The number of alkyl halides is 1. The van der Waals surface area contributed by atoms with Crippen LogP contribution < -0.4 is 5.73 Å². The highest BCUT2D eigenvalue weighted by Crippen LogP contribution is 2.26. The van der Waals surface area contributed by atoms with Crippen LogP contribution in [0.5, 0.6) is 0 Å². The van der Waals surface area contributed by atoms with Gasteiger partial charge in [-0.2, -0.15) is 11.8 Å². The summed E-state index contributed by atoms with van der Waals surface area (Å²) < 4.78 is 12.5. The van der Waals surface area contributed by atoms with Gasteiger partial charge in [-0.15, -0.1) is 0 Å². The van der Waals surface area contributed by atoms with Crippen LogP contribution >= 0.6 is 11.8 Å². The molecular weight excluding hydrogens is 149 g/mol. The zero-order valence-corrected chi connectivity index (χ0v) is 7.03. The Morgan fingerprint density at radius 3 is 2.80 bits per heavy atom. The lowest BCUT2D eigenvalue weighted by Crippen LogP contribution is -2.29. The number of halogens is 1. The standard InChI is InChI=1S/C7H14FNS/c1-5(8)2-6-3-10-4-7(6)9/h5-7H,2-4,9H2,1H3. The molecule has 0 aromatic carbocycles. The van der Waals surface area contributed by atoms with Crippen LogP contribution in [0.2, 0.25) is 0 Å². The molecule has 60 valence electrons. The van der Waals surface area contributed by atoms with Crippen molar-refractivity contribution in [3.8, 4) is 0 Å². The minimum Gasteiger partial charge on any atom is -0.327 e. The second-order valence-electron chi connectivity index (χ2n) is 2.98. The van der Waals surface area contributed by atoms with Gasteiger partial charge < -0.3 is 5.73 Å². The number of hydrogen-bond acceptors (Lipinski definition) is 2. The molecule has 0 spiro atoms. The highest BCUT2D eigenvalue weighted by Gasteiger charge is 2.25. The molecule has 3 unspecified atom stereocenters. The summed E-state index contributed by atoms with van der Waals surface area (Å²) in [6.45, 7) is 1.61. The molecule has 0 amide bonds. The van der Waals surface area contributed by atoms with Crippen LogP contribution in [0, 0.1) is 5.92 Å². The normalized spacial score (nSPS) is 36.3. The molecule has 1 aliphatic rings. The van der Waals surface area contributed by atoms with Gasteiger partial charge in [0.25, 0.3) is 0 Å². The van der Waals surface area contributed by atoms with Gasteiger partial charge >= 0.3 is 0 Å².